The second-order valence-corrected chi connectivity index (χ2v) is 4.55. The molecule has 0 atom stereocenters. The number of aliphatic hydroxyl groups excluding tert-OH is 1. The van der Waals surface area contributed by atoms with Gasteiger partial charge in [0.1, 0.15) is 5.82 Å². The van der Waals surface area contributed by atoms with Crippen molar-refractivity contribution in [1.82, 2.24) is 5.32 Å². The molecule has 2 N–H and O–H groups in total. The fourth-order valence-corrected chi connectivity index (χ4v) is 1.25. The van der Waals surface area contributed by atoms with Gasteiger partial charge >= 0.3 is 0 Å². The summed E-state index contributed by atoms with van der Waals surface area (Å²) in [6.45, 7) is 4.37. The molecular formula is C11H15ClFNO. The molecule has 1 aromatic rings. The maximum absolute atomic E-state index is 12.8. The number of nitrogens with one attached hydrogen (secondary N) is 1. The summed E-state index contributed by atoms with van der Waals surface area (Å²) in [5, 5.41) is 12.3. The largest absolute Gasteiger partial charge is 0.394 e. The molecule has 0 aliphatic carbocycles. The molecule has 0 radical (unpaired) electrons. The van der Waals surface area contributed by atoms with E-state index in [1.165, 1.54) is 6.07 Å². The molecule has 84 valence electrons. The third-order valence-electron chi connectivity index (χ3n) is 2.15. The first-order valence-electron chi connectivity index (χ1n) is 4.74. The lowest BCUT2D eigenvalue weighted by Gasteiger charge is -2.23. The zero-order chi connectivity index (χ0) is 11.5. The Hall–Kier alpha value is -0.640. The molecule has 0 saturated carbocycles. The van der Waals surface area contributed by atoms with E-state index in [9.17, 15) is 4.39 Å². The molecule has 1 rings (SSSR count). The van der Waals surface area contributed by atoms with Crippen molar-refractivity contribution in [1.29, 1.82) is 0 Å². The molecule has 0 aliphatic rings. The molecule has 0 spiro atoms. The van der Waals surface area contributed by atoms with Crippen LogP contribution in [0.15, 0.2) is 18.2 Å². The van der Waals surface area contributed by atoms with Crippen LogP contribution in [-0.2, 0) is 6.54 Å². The van der Waals surface area contributed by atoms with E-state index in [-0.39, 0.29) is 17.2 Å². The SMILES string of the molecule is CC(C)(CO)NCc1ccc(F)c(Cl)c1. The van der Waals surface area contributed by atoms with Gasteiger partial charge in [-0.1, -0.05) is 17.7 Å². The van der Waals surface area contributed by atoms with Crippen LogP contribution in [0.2, 0.25) is 5.02 Å². The van der Waals surface area contributed by atoms with Crippen molar-refractivity contribution in [2.24, 2.45) is 0 Å². The number of rotatable bonds is 4. The summed E-state index contributed by atoms with van der Waals surface area (Å²) in [4.78, 5) is 0. The highest BCUT2D eigenvalue weighted by Gasteiger charge is 2.14. The summed E-state index contributed by atoms with van der Waals surface area (Å²) < 4.78 is 12.8. The van der Waals surface area contributed by atoms with Gasteiger partial charge in [-0.3, -0.25) is 0 Å². The van der Waals surface area contributed by atoms with E-state index in [1.54, 1.807) is 12.1 Å². The summed E-state index contributed by atoms with van der Waals surface area (Å²) in [5.41, 5.74) is 0.545. The van der Waals surface area contributed by atoms with Gasteiger partial charge in [-0.05, 0) is 31.5 Å². The highest BCUT2D eigenvalue weighted by molar-refractivity contribution is 6.30. The van der Waals surface area contributed by atoms with Crippen LogP contribution in [0, 0.1) is 5.82 Å². The predicted molar refractivity (Wildman–Crippen MR) is 59.4 cm³/mol. The third kappa shape index (κ3) is 3.78. The molecule has 0 unspecified atom stereocenters. The first-order chi connectivity index (χ1) is 6.94. The van der Waals surface area contributed by atoms with E-state index in [0.717, 1.165) is 5.56 Å². The minimum Gasteiger partial charge on any atom is -0.394 e. The van der Waals surface area contributed by atoms with Crippen LogP contribution in [0.1, 0.15) is 19.4 Å². The van der Waals surface area contributed by atoms with Gasteiger partial charge in [-0.15, -0.1) is 0 Å². The Labute approximate surface area is 94.1 Å². The lowest BCUT2D eigenvalue weighted by atomic mass is 10.1. The van der Waals surface area contributed by atoms with E-state index < -0.39 is 5.82 Å². The van der Waals surface area contributed by atoms with Crippen molar-refractivity contribution in [3.8, 4) is 0 Å². The molecule has 0 aromatic heterocycles. The van der Waals surface area contributed by atoms with Gasteiger partial charge in [0, 0.05) is 12.1 Å². The summed E-state index contributed by atoms with van der Waals surface area (Å²) in [7, 11) is 0. The summed E-state index contributed by atoms with van der Waals surface area (Å²) in [5.74, 6) is -0.415. The van der Waals surface area contributed by atoms with Crippen LogP contribution < -0.4 is 5.32 Å². The minimum absolute atomic E-state index is 0.0436. The van der Waals surface area contributed by atoms with Crippen LogP contribution in [0.25, 0.3) is 0 Å². The van der Waals surface area contributed by atoms with Gasteiger partial charge in [-0.2, -0.15) is 0 Å². The van der Waals surface area contributed by atoms with Gasteiger partial charge < -0.3 is 10.4 Å². The van der Waals surface area contributed by atoms with Gasteiger partial charge in [0.15, 0.2) is 0 Å². The van der Waals surface area contributed by atoms with Crippen molar-refractivity contribution < 1.29 is 9.50 Å². The fourth-order valence-electron chi connectivity index (χ4n) is 1.05. The topological polar surface area (TPSA) is 32.3 Å². The van der Waals surface area contributed by atoms with Crippen LogP contribution in [0.5, 0.6) is 0 Å². The fraction of sp³-hybridized carbons (Fsp3) is 0.455. The molecule has 0 amide bonds. The molecule has 0 saturated heterocycles. The highest BCUT2D eigenvalue weighted by atomic mass is 35.5. The van der Waals surface area contributed by atoms with Crippen molar-refractivity contribution in [3.63, 3.8) is 0 Å². The zero-order valence-electron chi connectivity index (χ0n) is 8.85. The van der Waals surface area contributed by atoms with Crippen molar-refractivity contribution in [3.05, 3.63) is 34.6 Å². The molecule has 1 aromatic carbocycles. The van der Waals surface area contributed by atoms with Gasteiger partial charge in [0.25, 0.3) is 0 Å². The standard InChI is InChI=1S/C11H15ClFNO/c1-11(2,7-15)14-6-8-3-4-10(13)9(12)5-8/h3-5,14-15H,6-7H2,1-2H3. The first-order valence-corrected chi connectivity index (χ1v) is 5.12. The highest BCUT2D eigenvalue weighted by Crippen LogP contribution is 2.16. The van der Waals surface area contributed by atoms with E-state index in [0.29, 0.717) is 6.54 Å². The Balaban J connectivity index is 2.62. The number of benzene rings is 1. The van der Waals surface area contributed by atoms with Gasteiger partial charge in [0.05, 0.1) is 11.6 Å². The van der Waals surface area contributed by atoms with Crippen LogP contribution in [0.4, 0.5) is 4.39 Å². The first kappa shape index (κ1) is 12.4. The second-order valence-electron chi connectivity index (χ2n) is 4.14. The summed E-state index contributed by atoms with van der Waals surface area (Å²) in [6.07, 6.45) is 0. The smallest absolute Gasteiger partial charge is 0.141 e. The lowest BCUT2D eigenvalue weighted by Crippen LogP contribution is -2.42. The minimum atomic E-state index is -0.415. The lowest BCUT2D eigenvalue weighted by molar-refractivity contribution is 0.187. The number of halogens is 2. The average Bonchev–Trinajstić information content (AvgIpc) is 2.20. The Morgan fingerprint density at radius 2 is 2.13 bits per heavy atom. The van der Waals surface area contributed by atoms with E-state index >= 15 is 0 Å². The Morgan fingerprint density at radius 3 is 2.67 bits per heavy atom. The third-order valence-corrected chi connectivity index (χ3v) is 2.44. The Bertz CT molecular complexity index is 341. The summed E-state index contributed by atoms with van der Waals surface area (Å²) in [6, 6.07) is 4.59. The Morgan fingerprint density at radius 1 is 1.47 bits per heavy atom. The molecule has 0 bridgehead atoms. The molecule has 0 fully saturated rings. The Kier molecular flexibility index (Phi) is 4.08. The van der Waals surface area contributed by atoms with Crippen LogP contribution >= 0.6 is 11.6 Å². The molecule has 15 heavy (non-hydrogen) atoms. The molecular weight excluding hydrogens is 217 g/mol. The number of hydrogen-bond acceptors (Lipinski definition) is 2. The normalized spacial score (nSPS) is 11.8. The van der Waals surface area contributed by atoms with E-state index in [1.807, 2.05) is 13.8 Å². The zero-order valence-corrected chi connectivity index (χ0v) is 9.61. The van der Waals surface area contributed by atoms with Gasteiger partial charge in [0.2, 0.25) is 0 Å². The van der Waals surface area contributed by atoms with E-state index in [2.05, 4.69) is 5.32 Å². The monoisotopic (exact) mass is 231 g/mol. The van der Waals surface area contributed by atoms with E-state index in [4.69, 9.17) is 16.7 Å². The van der Waals surface area contributed by atoms with Crippen molar-refractivity contribution in [2.75, 3.05) is 6.61 Å². The van der Waals surface area contributed by atoms with Crippen LogP contribution in [0.3, 0.4) is 0 Å². The maximum Gasteiger partial charge on any atom is 0.141 e. The average molecular weight is 232 g/mol. The van der Waals surface area contributed by atoms with Gasteiger partial charge in [-0.25, -0.2) is 4.39 Å². The molecule has 0 heterocycles. The molecule has 4 heteroatoms. The summed E-state index contributed by atoms with van der Waals surface area (Å²) >= 11 is 5.65. The quantitative estimate of drug-likeness (QED) is 0.834. The van der Waals surface area contributed by atoms with Crippen LogP contribution in [-0.4, -0.2) is 17.3 Å². The number of hydrogen-bond donors (Lipinski definition) is 2. The predicted octanol–water partition coefficient (Wildman–Crippen LogP) is 2.34. The molecule has 0 aliphatic heterocycles. The number of aliphatic hydroxyl groups is 1. The second kappa shape index (κ2) is 4.92. The van der Waals surface area contributed by atoms with Crippen molar-refractivity contribution >= 4 is 11.6 Å². The molecule has 2 nitrogen and oxygen atoms in total. The maximum atomic E-state index is 12.8. The van der Waals surface area contributed by atoms with Crippen molar-refractivity contribution in [2.45, 2.75) is 25.9 Å².